The number of carboxylic acid groups (broad SMARTS) is 1. The van der Waals surface area contributed by atoms with Gasteiger partial charge in [0.05, 0.1) is 26.8 Å². The number of nitrogens with zero attached hydrogens (tertiary/aromatic N) is 2. The third-order valence-electron chi connectivity index (χ3n) is 4.60. The number of aliphatic carboxylic acids is 1. The largest absolute Gasteiger partial charge is 0.481 e. The number of anilines is 1. The highest BCUT2D eigenvalue weighted by atomic mass is 32.1. The van der Waals surface area contributed by atoms with Gasteiger partial charge < -0.3 is 9.67 Å². The molecule has 0 aliphatic carbocycles. The zero-order valence-corrected chi connectivity index (χ0v) is 15.9. The smallest absolute Gasteiger partial charge is 0.303 e. The van der Waals surface area contributed by atoms with E-state index in [2.05, 4.69) is 24.2 Å². The van der Waals surface area contributed by atoms with E-state index in [4.69, 9.17) is 22.5 Å². The molecule has 0 amide bonds. The first kappa shape index (κ1) is 17.7. The number of thiophene rings is 1. The lowest BCUT2D eigenvalue weighted by Crippen LogP contribution is -2.15. The Hall–Kier alpha value is -2.68. The summed E-state index contributed by atoms with van der Waals surface area (Å²) in [5.41, 5.74) is 5.82. The lowest BCUT2D eigenvalue weighted by Gasteiger charge is -2.01. The molecule has 4 rings (SSSR count). The molecular weight excluding hydrogens is 382 g/mol. The van der Waals surface area contributed by atoms with Crippen LogP contribution in [-0.2, 0) is 11.3 Å². The van der Waals surface area contributed by atoms with Gasteiger partial charge in [0.25, 0.3) is 0 Å². The molecule has 0 saturated heterocycles. The van der Waals surface area contributed by atoms with E-state index in [1.807, 2.05) is 33.2 Å². The van der Waals surface area contributed by atoms with E-state index in [-0.39, 0.29) is 6.42 Å². The molecule has 6 nitrogen and oxygen atoms in total. The number of carboxylic acids is 1. The van der Waals surface area contributed by atoms with Crippen LogP contribution in [-0.4, -0.2) is 25.3 Å². The molecule has 0 unspecified atom stereocenters. The third-order valence-corrected chi connectivity index (χ3v) is 6.13. The van der Waals surface area contributed by atoms with Gasteiger partial charge in [-0.25, -0.2) is 0 Å². The predicted octanol–water partition coefficient (Wildman–Crippen LogP) is 4.15. The number of nitrogens with one attached hydrogen (secondary N) is 1. The summed E-state index contributed by atoms with van der Waals surface area (Å²) >= 11 is 7.32. The lowest BCUT2D eigenvalue weighted by atomic mass is 10.2. The SMILES string of the molecule is C=c1c2cc3sc(-c4ccc(NO)cc4)cc3n2c(=S)n1CCCC(=O)O. The quantitative estimate of drug-likeness (QED) is 0.335. The minimum atomic E-state index is -0.808. The second kappa shape index (κ2) is 6.80. The number of hydrogen-bond acceptors (Lipinski definition) is 5. The molecule has 3 N–H and O–H groups in total. The van der Waals surface area contributed by atoms with Crippen molar-refractivity contribution in [3.63, 3.8) is 0 Å². The minimum Gasteiger partial charge on any atom is -0.481 e. The summed E-state index contributed by atoms with van der Waals surface area (Å²) in [6.07, 6.45) is 0.626. The van der Waals surface area contributed by atoms with Crippen molar-refractivity contribution in [2.75, 3.05) is 5.48 Å². The molecule has 4 aromatic rings. The van der Waals surface area contributed by atoms with E-state index < -0.39 is 5.97 Å². The fraction of sp³-hybridized carbons (Fsp3) is 0.158. The molecule has 138 valence electrons. The molecule has 27 heavy (non-hydrogen) atoms. The van der Waals surface area contributed by atoms with Gasteiger partial charge >= 0.3 is 5.97 Å². The lowest BCUT2D eigenvalue weighted by molar-refractivity contribution is -0.137. The monoisotopic (exact) mass is 399 g/mol. The van der Waals surface area contributed by atoms with Crippen molar-refractivity contribution in [3.05, 3.63) is 46.5 Å². The summed E-state index contributed by atoms with van der Waals surface area (Å²) in [5, 5.41) is 18.6. The van der Waals surface area contributed by atoms with Crippen molar-refractivity contribution in [1.82, 2.24) is 8.97 Å². The summed E-state index contributed by atoms with van der Waals surface area (Å²) in [6, 6.07) is 11.7. The second-order valence-electron chi connectivity index (χ2n) is 6.29. The van der Waals surface area contributed by atoms with E-state index >= 15 is 0 Å². The fourth-order valence-corrected chi connectivity index (χ4v) is 4.74. The molecule has 0 radical (unpaired) electrons. The van der Waals surface area contributed by atoms with Crippen LogP contribution in [0.4, 0.5) is 5.69 Å². The van der Waals surface area contributed by atoms with E-state index in [1.165, 1.54) is 0 Å². The molecular formula is C19H17N3O3S2. The number of carbonyl (C=O) groups is 1. The van der Waals surface area contributed by atoms with Crippen molar-refractivity contribution < 1.29 is 15.1 Å². The maximum Gasteiger partial charge on any atom is 0.303 e. The second-order valence-corrected chi connectivity index (χ2v) is 7.74. The van der Waals surface area contributed by atoms with Crippen molar-refractivity contribution >= 4 is 57.5 Å². The van der Waals surface area contributed by atoms with Gasteiger partial charge in [-0.3, -0.25) is 19.9 Å². The number of rotatable bonds is 6. The first-order valence-electron chi connectivity index (χ1n) is 8.38. The number of fused-ring (bicyclic) bond motifs is 3. The fourth-order valence-electron chi connectivity index (χ4n) is 3.26. The van der Waals surface area contributed by atoms with Crippen LogP contribution < -0.4 is 10.8 Å². The molecule has 8 heteroatoms. The average Bonchev–Trinajstić information content (AvgIpc) is 3.27. The normalized spacial score (nSPS) is 11.4. The maximum atomic E-state index is 10.8. The number of aromatic nitrogens is 2. The highest BCUT2D eigenvalue weighted by Gasteiger charge is 2.14. The van der Waals surface area contributed by atoms with Crippen molar-refractivity contribution in [3.8, 4) is 10.4 Å². The van der Waals surface area contributed by atoms with Crippen LogP contribution in [0.25, 0.3) is 32.8 Å². The third kappa shape index (κ3) is 3.01. The van der Waals surface area contributed by atoms with Crippen LogP contribution in [0, 0.1) is 4.77 Å². The van der Waals surface area contributed by atoms with Crippen LogP contribution in [0.1, 0.15) is 12.8 Å². The standard InChI is InChI=1S/C19H17N3O3S2/c1-11-14-9-17-15(22(14)19(26)21(11)8-2-3-18(23)24)10-16(27-17)12-4-6-13(20-25)7-5-12/h4-7,9-10,20,25H,1-3,8H2,(H,23,24). The first-order valence-corrected chi connectivity index (χ1v) is 9.61. The Kier molecular flexibility index (Phi) is 4.47. The van der Waals surface area contributed by atoms with Gasteiger partial charge in [0.15, 0.2) is 4.77 Å². The van der Waals surface area contributed by atoms with Crippen LogP contribution in [0.2, 0.25) is 0 Å². The highest BCUT2D eigenvalue weighted by molar-refractivity contribution is 7.71. The Morgan fingerprint density at radius 3 is 2.63 bits per heavy atom. The van der Waals surface area contributed by atoms with Crippen molar-refractivity contribution in [1.29, 1.82) is 0 Å². The zero-order chi connectivity index (χ0) is 19.1. The van der Waals surface area contributed by atoms with E-state index in [9.17, 15) is 4.79 Å². The van der Waals surface area contributed by atoms with Gasteiger partial charge in [-0.2, -0.15) is 0 Å². The molecule has 0 fully saturated rings. The van der Waals surface area contributed by atoms with E-state index in [1.54, 1.807) is 11.3 Å². The maximum absolute atomic E-state index is 10.8. The number of imidazole rings is 1. The van der Waals surface area contributed by atoms with Gasteiger partial charge in [-0.15, -0.1) is 11.3 Å². The van der Waals surface area contributed by atoms with Gasteiger partial charge in [0.1, 0.15) is 0 Å². The highest BCUT2D eigenvalue weighted by Crippen LogP contribution is 2.35. The molecule has 0 saturated carbocycles. The summed E-state index contributed by atoms with van der Waals surface area (Å²) in [5.74, 6) is -0.808. The Morgan fingerprint density at radius 2 is 1.96 bits per heavy atom. The topological polar surface area (TPSA) is 78.9 Å². The first-order chi connectivity index (χ1) is 13.0. The molecule has 0 spiro atoms. The van der Waals surface area contributed by atoms with E-state index in [0.717, 1.165) is 31.5 Å². The predicted molar refractivity (Wildman–Crippen MR) is 110 cm³/mol. The zero-order valence-electron chi connectivity index (χ0n) is 14.3. The summed E-state index contributed by atoms with van der Waals surface area (Å²) < 4.78 is 5.68. The Balaban J connectivity index is 1.77. The molecule has 3 aromatic heterocycles. The number of hydrogen-bond donors (Lipinski definition) is 3. The minimum absolute atomic E-state index is 0.109. The molecule has 3 heterocycles. The molecule has 0 bridgehead atoms. The van der Waals surface area contributed by atoms with Crippen LogP contribution >= 0.6 is 23.6 Å². The van der Waals surface area contributed by atoms with Gasteiger partial charge in [0.2, 0.25) is 0 Å². The van der Waals surface area contributed by atoms with Crippen molar-refractivity contribution in [2.45, 2.75) is 19.4 Å². The average molecular weight is 399 g/mol. The molecule has 0 aliphatic rings. The van der Waals surface area contributed by atoms with Crippen LogP contribution in [0.5, 0.6) is 0 Å². The molecule has 1 aromatic carbocycles. The molecule has 0 atom stereocenters. The van der Waals surface area contributed by atoms with E-state index in [0.29, 0.717) is 23.4 Å². The van der Waals surface area contributed by atoms with Crippen LogP contribution in [0.3, 0.4) is 0 Å². The Morgan fingerprint density at radius 1 is 1.22 bits per heavy atom. The summed E-state index contributed by atoms with van der Waals surface area (Å²) in [6.45, 7) is 4.69. The Bertz CT molecular complexity index is 1250. The summed E-state index contributed by atoms with van der Waals surface area (Å²) in [4.78, 5) is 11.9. The summed E-state index contributed by atoms with van der Waals surface area (Å²) in [7, 11) is 0. The van der Waals surface area contributed by atoms with Crippen LogP contribution in [0.15, 0.2) is 36.4 Å². The van der Waals surface area contributed by atoms with Gasteiger partial charge in [-0.1, -0.05) is 18.7 Å². The van der Waals surface area contributed by atoms with Crippen molar-refractivity contribution in [2.24, 2.45) is 0 Å². The van der Waals surface area contributed by atoms with Gasteiger partial charge in [-0.05, 0) is 48.5 Å². The molecule has 0 aliphatic heterocycles. The van der Waals surface area contributed by atoms with Gasteiger partial charge in [0, 0.05) is 17.8 Å². The number of benzene rings is 1. The Labute approximate surface area is 163 Å².